The lowest BCUT2D eigenvalue weighted by Gasteiger charge is -2.23. The van der Waals surface area contributed by atoms with E-state index in [1.807, 2.05) is 12.4 Å². The molecule has 1 aromatic rings. The van der Waals surface area contributed by atoms with Crippen molar-refractivity contribution in [1.29, 1.82) is 0 Å². The van der Waals surface area contributed by atoms with E-state index >= 15 is 0 Å². The Morgan fingerprint density at radius 2 is 1.93 bits per heavy atom. The van der Waals surface area contributed by atoms with Gasteiger partial charge in [-0.25, -0.2) is 0 Å². The maximum absolute atomic E-state index is 6.34. The predicted octanol–water partition coefficient (Wildman–Crippen LogP) is 1.91. The molecule has 0 spiro atoms. The second kappa shape index (κ2) is 2.37. The van der Waals surface area contributed by atoms with E-state index in [-0.39, 0.29) is 5.54 Å². The van der Waals surface area contributed by atoms with E-state index in [2.05, 4.69) is 18.0 Å². The predicted molar refractivity (Wildman–Crippen MR) is 56.0 cm³/mol. The van der Waals surface area contributed by atoms with E-state index in [9.17, 15) is 0 Å². The number of nitrogens with two attached hydrogens (primary N) is 1. The number of nitrogens with zero attached hydrogens (tertiary/aromatic N) is 1. The molecule has 2 N–H and O–H groups in total. The fraction of sp³-hybridized carbons (Fsp3) is 0.583. The molecule has 1 aromatic heterocycles. The van der Waals surface area contributed by atoms with Gasteiger partial charge < -0.3 is 5.73 Å². The van der Waals surface area contributed by atoms with Crippen LogP contribution in [-0.2, 0) is 5.41 Å². The third-order valence-electron chi connectivity index (χ3n) is 3.92. The number of rotatable bonds is 2. The van der Waals surface area contributed by atoms with Crippen molar-refractivity contribution < 1.29 is 0 Å². The van der Waals surface area contributed by atoms with Crippen molar-refractivity contribution in [3.8, 4) is 0 Å². The van der Waals surface area contributed by atoms with Crippen molar-refractivity contribution in [2.24, 2.45) is 5.73 Å². The van der Waals surface area contributed by atoms with Crippen LogP contribution in [-0.4, -0.2) is 10.5 Å². The van der Waals surface area contributed by atoms with Crippen LogP contribution in [0.15, 0.2) is 18.5 Å². The van der Waals surface area contributed by atoms with Crippen molar-refractivity contribution in [2.45, 2.75) is 43.6 Å². The molecule has 2 aliphatic carbocycles. The Hall–Kier alpha value is -0.890. The molecule has 2 aliphatic rings. The number of aromatic nitrogens is 1. The molecular formula is C12H16N2. The number of pyridine rings is 1. The van der Waals surface area contributed by atoms with Crippen LogP contribution in [0, 0.1) is 6.92 Å². The third-order valence-corrected chi connectivity index (χ3v) is 3.92. The van der Waals surface area contributed by atoms with E-state index < -0.39 is 0 Å². The Morgan fingerprint density at radius 3 is 2.43 bits per heavy atom. The smallest absolute Gasteiger partial charge is 0.0306 e. The van der Waals surface area contributed by atoms with Gasteiger partial charge in [-0.2, -0.15) is 0 Å². The summed E-state index contributed by atoms with van der Waals surface area (Å²) in [6, 6.07) is 2.26. The van der Waals surface area contributed by atoms with Crippen LogP contribution in [0.5, 0.6) is 0 Å². The van der Waals surface area contributed by atoms with Crippen molar-refractivity contribution in [1.82, 2.24) is 4.98 Å². The van der Waals surface area contributed by atoms with Gasteiger partial charge in [0, 0.05) is 23.3 Å². The van der Waals surface area contributed by atoms with E-state index in [1.165, 1.54) is 36.8 Å². The summed E-state index contributed by atoms with van der Waals surface area (Å²) in [6.07, 6.45) is 8.83. The Labute approximate surface area is 84.5 Å². The molecule has 0 radical (unpaired) electrons. The maximum atomic E-state index is 6.34. The Kier molecular flexibility index (Phi) is 1.43. The highest BCUT2D eigenvalue weighted by Gasteiger charge is 2.64. The summed E-state index contributed by atoms with van der Waals surface area (Å²) >= 11 is 0. The molecule has 0 bridgehead atoms. The Morgan fingerprint density at radius 1 is 1.21 bits per heavy atom. The molecule has 74 valence electrons. The SMILES string of the molecule is Cc1cncc(C2(C3(N)CC3)CC2)c1. The van der Waals surface area contributed by atoms with Gasteiger partial charge in [0.2, 0.25) is 0 Å². The molecule has 0 unspecified atom stereocenters. The van der Waals surface area contributed by atoms with E-state index in [1.54, 1.807) is 0 Å². The second-order valence-corrected chi connectivity index (χ2v) is 4.99. The normalized spacial score (nSPS) is 25.9. The van der Waals surface area contributed by atoms with Crippen molar-refractivity contribution in [3.63, 3.8) is 0 Å². The Balaban J connectivity index is 2.02. The minimum atomic E-state index is 0.114. The minimum Gasteiger partial charge on any atom is -0.324 e. The van der Waals surface area contributed by atoms with Gasteiger partial charge in [-0.05, 0) is 43.7 Å². The Bertz CT molecular complexity index is 376. The number of aryl methyl sites for hydroxylation is 1. The summed E-state index contributed by atoms with van der Waals surface area (Å²) in [5.41, 5.74) is 9.37. The summed E-state index contributed by atoms with van der Waals surface area (Å²) in [6.45, 7) is 2.10. The molecule has 0 amide bonds. The lowest BCUT2D eigenvalue weighted by molar-refractivity contribution is 0.501. The van der Waals surface area contributed by atoms with Crippen LogP contribution in [0.3, 0.4) is 0 Å². The summed E-state index contributed by atoms with van der Waals surface area (Å²) < 4.78 is 0. The highest BCUT2D eigenvalue weighted by Crippen LogP contribution is 2.63. The van der Waals surface area contributed by atoms with Crippen molar-refractivity contribution in [3.05, 3.63) is 29.6 Å². The highest BCUT2D eigenvalue weighted by molar-refractivity contribution is 5.40. The zero-order valence-electron chi connectivity index (χ0n) is 8.59. The van der Waals surface area contributed by atoms with Crippen LogP contribution in [0.4, 0.5) is 0 Å². The number of hydrogen-bond acceptors (Lipinski definition) is 2. The second-order valence-electron chi connectivity index (χ2n) is 4.99. The maximum Gasteiger partial charge on any atom is 0.0306 e. The largest absolute Gasteiger partial charge is 0.324 e. The zero-order valence-corrected chi connectivity index (χ0v) is 8.59. The topological polar surface area (TPSA) is 38.9 Å². The molecule has 0 aromatic carbocycles. The summed E-state index contributed by atoms with van der Waals surface area (Å²) in [5.74, 6) is 0. The quantitative estimate of drug-likeness (QED) is 0.770. The van der Waals surface area contributed by atoms with Crippen LogP contribution in [0.2, 0.25) is 0 Å². The van der Waals surface area contributed by atoms with Gasteiger partial charge in [-0.3, -0.25) is 4.98 Å². The molecule has 2 heteroatoms. The molecular weight excluding hydrogens is 172 g/mol. The molecule has 2 fully saturated rings. The van der Waals surface area contributed by atoms with Crippen molar-refractivity contribution >= 4 is 0 Å². The average molecular weight is 188 g/mol. The van der Waals surface area contributed by atoms with Crippen molar-refractivity contribution in [2.75, 3.05) is 0 Å². The third kappa shape index (κ3) is 0.976. The average Bonchev–Trinajstić information content (AvgIpc) is 2.98. The van der Waals surface area contributed by atoms with Gasteiger partial charge in [0.05, 0.1) is 0 Å². The lowest BCUT2D eigenvalue weighted by atomic mass is 9.87. The highest BCUT2D eigenvalue weighted by atomic mass is 14.9. The molecule has 3 rings (SSSR count). The van der Waals surface area contributed by atoms with Gasteiger partial charge in [0.1, 0.15) is 0 Å². The minimum absolute atomic E-state index is 0.114. The van der Waals surface area contributed by atoms with E-state index in [0.29, 0.717) is 5.41 Å². The first-order chi connectivity index (χ1) is 6.66. The molecule has 2 saturated carbocycles. The van der Waals surface area contributed by atoms with Gasteiger partial charge in [-0.1, -0.05) is 6.07 Å². The molecule has 0 saturated heterocycles. The van der Waals surface area contributed by atoms with Gasteiger partial charge in [-0.15, -0.1) is 0 Å². The fourth-order valence-electron chi connectivity index (χ4n) is 2.63. The first-order valence-electron chi connectivity index (χ1n) is 5.37. The number of hydrogen-bond donors (Lipinski definition) is 1. The van der Waals surface area contributed by atoms with Crippen LogP contribution in [0.25, 0.3) is 0 Å². The molecule has 14 heavy (non-hydrogen) atoms. The fourth-order valence-corrected chi connectivity index (χ4v) is 2.63. The van der Waals surface area contributed by atoms with E-state index in [4.69, 9.17) is 5.73 Å². The summed E-state index contributed by atoms with van der Waals surface area (Å²) in [7, 11) is 0. The first kappa shape index (κ1) is 8.42. The van der Waals surface area contributed by atoms with Gasteiger partial charge >= 0.3 is 0 Å². The molecule has 0 atom stereocenters. The van der Waals surface area contributed by atoms with Crippen LogP contribution in [0.1, 0.15) is 36.8 Å². The molecule has 0 aliphatic heterocycles. The van der Waals surface area contributed by atoms with Crippen LogP contribution >= 0.6 is 0 Å². The molecule has 2 nitrogen and oxygen atoms in total. The van der Waals surface area contributed by atoms with Gasteiger partial charge in [0.25, 0.3) is 0 Å². The van der Waals surface area contributed by atoms with Crippen LogP contribution < -0.4 is 5.73 Å². The monoisotopic (exact) mass is 188 g/mol. The zero-order chi connectivity index (χ0) is 9.81. The summed E-state index contributed by atoms with van der Waals surface area (Å²) in [4.78, 5) is 4.28. The standard InChI is InChI=1S/C12H16N2/c1-9-6-10(8-14-7-9)11(2-3-11)12(13)4-5-12/h6-8H,2-5,13H2,1H3. The molecule has 1 heterocycles. The lowest BCUT2D eigenvalue weighted by Crippen LogP contribution is -2.37. The first-order valence-corrected chi connectivity index (χ1v) is 5.37. The van der Waals surface area contributed by atoms with E-state index in [0.717, 1.165) is 0 Å². The summed E-state index contributed by atoms with van der Waals surface area (Å²) in [5, 5.41) is 0. The van der Waals surface area contributed by atoms with Gasteiger partial charge in [0.15, 0.2) is 0 Å².